The molecular formula is C17H14BrNO3. The van der Waals surface area contributed by atoms with Crippen molar-refractivity contribution in [2.45, 2.75) is 13.5 Å². The molecule has 0 radical (unpaired) electrons. The molecule has 0 N–H and O–H groups in total. The summed E-state index contributed by atoms with van der Waals surface area (Å²) >= 11 is 3.26. The monoisotopic (exact) mass is 359 g/mol. The number of nitrogens with zero attached hydrogens (tertiary/aromatic N) is 1. The quantitative estimate of drug-likeness (QED) is 0.672. The lowest BCUT2D eigenvalue weighted by Gasteiger charge is -2.21. The number of carbonyl (C=O) groups excluding carboxylic acids is 1. The minimum Gasteiger partial charge on any atom is -0.467 e. The molecule has 22 heavy (non-hydrogen) atoms. The van der Waals surface area contributed by atoms with Gasteiger partial charge in [-0.3, -0.25) is 9.69 Å². The highest BCUT2D eigenvalue weighted by Crippen LogP contribution is 2.25. The van der Waals surface area contributed by atoms with Crippen molar-refractivity contribution in [3.05, 3.63) is 76.5 Å². The van der Waals surface area contributed by atoms with E-state index in [0.717, 1.165) is 11.3 Å². The van der Waals surface area contributed by atoms with Gasteiger partial charge in [0.15, 0.2) is 10.4 Å². The van der Waals surface area contributed by atoms with Crippen molar-refractivity contribution in [1.29, 1.82) is 0 Å². The first-order valence-corrected chi connectivity index (χ1v) is 7.59. The van der Waals surface area contributed by atoms with Gasteiger partial charge in [-0.2, -0.15) is 0 Å². The van der Waals surface area contributed by atoms with Gasteiger partial charge in [-0.15, -0.1) is 0 Å². The molecule has 4 nitrogen and oxygen atoms in total. The van der Waals surface area contributed by atoms with Gasteiger partial charge in [-0.25, -0.2) is 0 Å². The third-order valence-electron chi connectivity index (χ3n) is 3.29. The first-order chi connectivity index (χ1) is 10.6. The number of rotatable bonds is 4. The summed E-state index contributed by atoms with van der Waals surface area (Å²) in [6.07, 6.45) is 1.59. The van der Waals surface area contributed by atoms with Crippen molar-refractivity contribution >= 4 is 27.5 Å². The van der Waals surface area contributed by atoms with Crippen LogP contribution >= 0.6 is 15.9 Å². The fourth-order valence-corrected chi connectivity index (χ4v) is 2.73. The van der Waals surface area contributed by atoms with Crippen LogP contribution in [0.4, 0.5) is 5.69 Å². The third-order valence-corrected chi connectivity index (χ3v) is 3.68. The van der Waals surface area contributed by atoms with Crippen LogP contribution in [-0.4, -0.2) is 5.91 Å². The highest BCUT2D eigenvalue weighted by molar-refractivity contribution is 9.10. The Morgan fingerprint density at radius 1 is 1.18 bits per heavy atom. The first kappa shape index (κ1) is 14.7. The molecule has 112 valence electrons. The van der Waals surface area contributed by atoms with E-state index in [2.05, 4.69) is 15.9 Å². The van der Waals surface area contributed by atoms with Gasteiger partial charge >= 0.3 is 0 Å². The van der Waals surface area contributed by atoms with Crippen LogP contribution in [-0.2, 0) is 6.54 Å². The average molecular weight is 360 g/mol. The number of aryl methyl sites for hydroxylation is 1. The molecule has 2 heterocycles. The van der Waals surface area contributed by atoms with Crippen LogP contribution in [0.15, 0.2) is 68.3 Å². The van der Waals surface area contributed by atoms with E-state index in [-0.39, 0.29) is 5.91 Å². The van der Waals surface area contributed by atoms with E-state index in [4.69, 9.17) is 8.83 Å². The predicted molar refractivity (Wildman–Crippen MR) is 86.8 cm³/mol. The molecule has 0 saturated heterocycles. The second-order valence-corrected chi connectivity index (χ2v) is 5.65. The van der Waals surface area contributed by atoms with Crippen LogP contribution in [0.5, 0.6) is 0 Å². The average Bonchev–Trinajstić information content (AvgIpc) is 3.14. The Morgan fingerprint density at radius 2 is 1.95 bits per heavy atom. The van der Waals surface area contributed by atoms with Crippen molar-refractivity contribution < 1.29 is 13.6 Å². The molecule has 0 atom stereocenters. The maximum Gasteiger partial charge on any atom is 0.294 e. The Morgan fingerprint density at radius 3 is 2.55 bits per heavy atom. The summed E-state index contributed by atoms with van der Waals surface area (Å²) in [4.78, 5) is 14.5. The van der Waals surface area contributed by atoms with E-state index in [1.807, 2.05) is 43.3 Å². The number of hydrogen-bond acceptors (Lipinski definition) is 3. The fraction of sp³-hybridized carbons (Fsp3) is 0.118. The van der Waals surface area contributed by atoms with Crippen LogP contribution in [0.2, 0.25) is 0 Å². The Balaban J connectivity index is 1.97. The highest BCUT2D eigenvalue weighted by Gasteiger charge is 2.24. The van der Waals surface area contributed by atoms with Crippen LogP contribution in [0.3, 0.4) is 0 Å². The third kappa shape index (κ3) is 2.99. The van der Waals surface area contributed by atoms with Crippen molar-refractivity contribution in [2.75, 3.05) is 4.90 Å². The van der Waals surface area contributed by atoms with E-state index in [1.54, 1.807) is 23.3 Å². The van der Waals surface area contributed by atoms with Gasteiger partial charge in [-0.05, 0) is 53.2 Å². The lowest BCUT2D eigenvalue weighted by Crippen LogP contribution is -2.30. The molecule has 0 saturated carbocycles. The maximum absolute atomic E-state index is 12.9. The van der Waals surface area contributed by atoms with Gasteiger partial charge in [0.25, 0.3) is 5.91 Å². The van der Waals surface area contributed by atoms with Gasteiger partial charge in [0, 0.05) is 11.3 Å². The summed E-state index contributed by atoms with van der Waals surface area (Å²) in [5, 5.41) is 0. The van der Waals surface area contributed by atoms with Crippen LogP contribution in [0, 0.1) is 6.92 Å². The van der Waals surface area contributed by atoms with E-state index in [1.165, 1.54) is 0 Å². The number of anilines is 1. The molecule has 2 aromatic heterocycles. The van der Waals surface area contributed by atoms with E-state index < -0.39 is 0 Å². The summed E-state index contributed by atoms with van der Waals surface area (Å²) in [6.45, 7) is 2.19. The van der Waals surface area contributed by atoms with Crippen LogP contribution in [0.1, 0.15) is 21.9 Å². The van der Waals surface area contributed by atoms with Crippen molar-refractivity contribution in [3.63, 3.8) is 0 Å². The number of halogens is 1. The molecule has 0 spiro atoms. The van der Waals surface area contributed by atoms with Crippen LogP contribution < -0.4 is 4.90 Å². The van der Waals surface area contributed by atoms with Gasteiger partial charge in [-0.1, -0.05) is 18.2 Å². The second kappa shape index (κ2) is 6.23. The molecule has 0 bridgehead atoms. The molecule has 0 aliphatic heterocycles. The Labute approximate surface area is 136 Å². The Hall–Kier alpha value is -2.27. The zero-order valence-electron chi connectivity index (χ0n) is 12.0. The number of carbonyl (C=O) groups is 1. The standard InChI is InChI=1S/C17H14BrNO3/c1-12-10-15(18)22-16(12)17(20)19(11-14-8-5-9-21-14)13-6-3-2-4-7-13/h2-10H,11H2,1H3. The normalized spacial score (nSPS) is 10.6. The molecule has 0 aliphatic rings. The molecule has 1 amide bonds. The zero-order valence-corrected chi connectivity index (χ0v) is 13.5. The minimum atomic E-state index is -0.203. The van der Waals surface area contributed by atoms with E-state index in [9.17, 15) is 4.79 Å². The number of furan rings is 2. The molecule has 0 aliphatic carbocycles. The minimum absolute atomic E-state index is 0.203. The number of benzene rings is 1. The van der Waals surface area contributed by atoms with E-state index in [0.29, 0.717) is 22.7 Å². The van der Waals surface area contributed by atoms with Gasteiger partial charge in [0.05, 0.1) is 12.8 Å². The second-order valence-electron chi connectivity index (χ2n) is 4.87. The zero-order chi connectivity index (χ0) is 15.5. The summed E-state index contributed by atoms with van der Waals surface area (Å²) in [5.41, 5.74) is 1.58. The van der Waals surface area contributed by atoms with Crippen molar-refractivity contribution in [3.8, 4) is 0 Å². The summed E-state index contributed by atoms with van der Waals surface area (Å²) in [7, 11) is 0. The molecule has 3 aromatic rings. The SMILES string of the molecule is Cc1cc(Br)oc1C(=O)N(Cc1ccco1)c1ccccc1. The van der Waals surface area contributed by atoms with Gasteiger partial charge in [0.1, 0.15) is 5.76 Å². The molecule has 0 unspecified atom stereocenters. The highest BCUT2D eigenvalue weighted by atomic mass is 79.9. The fourth-order valence-electron chi connectivity index (χ4n) is 2.22. The molecule has 1 aromatic carbocycles. The van der Waals surface area contributed by atoms with Gasteiger partial charge < -0.3 is 8.83 Å². The van der Waals surface area contributed by atoms with Crippen molar-refractivity contribution in [2.24, 2.45) is 0 Å². The number of hydrogen-bond donors (Lipinski definition) is 0. The number of para-hydroxylation sites is 1. The lowest BCUT2D eigenvalue weighted by atomic mass is 10.2. The maximum atomic E-state index is 12.9. The van der Waals surface area contributed by atoms with Crippen LogP contribution in [0.25, 0.3) is 0 Å². The Bertz CT molecular complexity index is 763. The summed E-state index contributed by atoms with van der Waals surface area (Å²) in [6, 6.07) is 14.9. The van der Waals surface area contributed by atoms with Crippen molar-refractivity contribution in [1.82, 2.24) is 0 Å². The largest absolute Gasteiger partial charge is 0.467 e. The van der Waals surface area contributed by atoms with E-state index >= 15 is 0 Å². The topological polar surface area (TPSA) is 46.6 Å². The lowest BCUT2D eigenvalue weighted by molar-refractivity contribution is 0.0954. The molecule has 0 fully saturated rings. The molecular weight excluding hydrogens is 346 g/mol. The predicted octanol–water partition coefficient (Wildman–Crippen LogP) is 4.79. The molecule has 3 rings (SSSR count). The number of amides is 1. The Kier molecular flexibility index (Phi) is 4.15. The molecule has 5 heteroatoms. The smallest absolute Gasteiger partial charge is 0.294 e. The summed E-state index contributed by atoms with van der Waals surface area (Å²) < 4.78 is 11.4. The summed E-state index contributed by atoms with van der Waals surface area (Å²) in [5.74, 6) is 0.827. The first-order valence-electron chi connectivity index (χ1n) is 6.80. The van der Waals surface area contributed by atoms with Gasteiger partial charge in [0.2, 0.25) is 0 Å².